The van der Waals surface area contributed by atoms with Crippen LogP contribution in [0.2, 0.25) is 0 Å². The van der Waals surface area contributed by atoms with Crippen molar-refractivity contribution >= 4 is 0 Å². The quantitative estimate of drug-likeness (QED) is 0.545. The van der Waals surface area contributed by atoms with Crippen molar-refractivity contribution in [3.05, 3.63) is 0 Å². The third kappa shape index (κ3) is 1.64. The molecule has 2 aliphatic heterocycles. The predicted molar refractivity (Wildman–Crippen MR) is 49.2 cm³/mol. The summed E-state index contributed by atoms with van der Waals surface area (Å²) in [6.45, 7) is 4.58. The minimum absolute atomic E-state index is 0.630. The molecule has 0 aromatic heterocycles. The lowest BCUT2D eigenvalue weighted by Crippen LogP contribution is -2.44. The number of hydrogen-bond donors (Lipinski definition) is 0. The van der Waals surface area contributed by atoms with Gasteiger partial charge in [0, 0.05) is 19.8 Å². The first-order valence-corrected chi connectivity index (χ1v) is 5.07. The van der Waals surface area contributed by atoms with Crippen molar-refractivity contribution < 1.29 is 4.74 Å². The summed E-state index contributed by atoms with van der Waals surface area (Å²) in [5.41, 5.74) is 0.630. The van der Waals surface area contributed by atoms with Crippen molar-refractivity contribution in [3.63, 3.8) is 0 Å². The Morgan fingerprint density at radius 3 is 2.58 bits per heavy atom. The van der Waals surface area contributed by atoms with Gasteiger partial charge in [0.05, 0.1) is 0 Å². The maximum atomic E-state index is 5.41. The van der Waals surface area contributed by atoms with E-state index in [1.807, 2.05) is 0 Å². The van der Waals surface area contributed by atoms with Gasteiger partial charge in [-0.15, -0.1) is 0 Å². The first-order valence-electron chi connectivity index (χ1n) is 5.07. The highest BCUT2D eigenvalue weighted by atomic mass is 16.5. The Morgan fingerprint density at radius 1 is 1.17 bits per heavy atom. The molecule has 0 atom stereocenters. The molecule has 0 saturated carbocycles. The van der Waals surface area contributed by atoms with Gasteiger partial charge in [0.1, 0.15) is 0 Å². The Morgan fingerprint density at radius 2 is 1.92 bits per heavy atom. The van der Waals surface area contributed by atoms with E-state index in [1.54, 1.807) is 0 Å². The molecule has 0 amide bonds. The van der Waals surface area contributed by atoms with Crippen LogP contribution < -0.4 is 0 Å². The summed E-state index contributed by atoms with van der Waals surface area (Å²) in [4.78, 5) is 2.48. The van der Waals surface area contributed by atoms with Crippen molar-refractivity contribution in [2.45, 2.75) is 25.7 Å². The molecule has 2 aliphatic rings. The normalized spacial score (nSPS) is 30.8. The third-order valence-corrected chi connectivity index (χ3v) is 3.41. The van der Waals surface area contributed by atoms with Gasteiger partial charge in [-0.3, -0.25) is 0 Å². The van der Waals surface area contributed by atoms with Crippen LogP contribution >= 0.6 is 0 Å². The lowest BCUT2D eigenvalue weighted by molar-refractivity contribution is -0.0217. The lowest BCUT2D eigenvalue weighted by atomic mass is 9.74. The molecule has 0 bridgehead atoms. The molecule has 2 heteroatoms. The second kappa shape index (κ2) is 3.35. The summed E-state index contributed by atoms with van der Waals surface area (Å²) >= 11 is 0. The molecule has 12 heavy (non-hydrogen) atoms. The largest absolute Gasteiger partial charge is 0.381 e. The molecular weight excluding hydrogens is 150 g/mol. The van der Waals surface area contributed by atoms with E-state index < -0.39 is 0 Å². The fraction of sp³-hybridized carbons (Fsp3) is 1.00. The first-order chi connectivity index (χ1) is 5.81. The second-order valence-electron chi connectivity index (χ2n) is 4.45. The van der Waals surface area contributed by atoms with Gasteiger partial charge in [-0.1, -0.05) is 0 Å². The average molecular weight is 169 g/mol. The van der Waals surface area contributed by atoms with E-state index in [0.29, 0.717) is 5.41 Å². The molecule has 0 aromatic carbocycles. The van der Waals surface area contributed by atoms with Gasteiger partial charge in [-0.25, -0.2) is 0 Å². The highest BCUT2D eigenvalue weighted by molar-refractivity contribution is 4.87. The van der Waals surface area contributed by atoms with Crippen LogP contribution in [0.1, 0.15) is 25.7 Å². The zero-order chi connectivity index (χ0) is 8.44. The van der Waals surface area contributed by atoms with E-state index in [0.717, 1.165) is 13.2 Å². The Kier molecular flexibility index (Phi) is 2.37. The van der Waals surface area contributed by atoms with Gasteiger partial charge in [-0.2, -0.15) is 0 Å². The van der Waals surface area contributed by atoms with Gasteiger partial charge in [-0.05, 0) is 44.7 Å². The number of piperidine rings is 1. The monoisotopic (exact) mass is 169 g/mol. The summed E-state index contributed by atoms with van der Waals surface area (Å²) in [5.74, 6) is 0. The molecule has 0 unspecified atom stereocenters. The van der Waals surface area contributed by atoms with Gasteiger partial charge >= 0.3 is 0 Å². The van der Waals surface area contributed by atoms with E-state index in [9.17, 15) is 0 Å². The van der Waals surface area contributed by atoms with Gasteiger partial charge in [0.2, 0.25) is 0 Å². The van der Waals surface area contributed by atoms with Crippen LogP contribution in [0.3, 0.4) is 0 Å². The Bertz CT molecular complexity index is 146. The van der Waals surface area contributed by atoms with E-state index in [1.165, 1.54) is 38.8 Å². The van der Waals surface area contributed by atoms with Crippen LogP contribution in [0, 0.1) is 5.41 Å². The van der Waals surface area contributed by atoms with Crippen LogP contribution in [0.4, 0.5) is 0 Å². The van der Waals surface area contributed by atoms with Crippen molar-refractivity contribution in [3.8, 4) is 0 Å². The van der Waals surface area contributed by atoms with Crippen LogP contribution in [0.5, 0.6) is 0 Å². The average Bonchev–Trinajstić information content (AvgIpc) is 2.05. The Labute approximate surface area is 74.9 Å². The molecule has 0 aliphatic carbocycles. The number of rotatable bonds is 0. The molecule has 1 spiro atoms. The molecule has 2 nitrogen and oxygen atoms in total. The number of hydrogen-bond acceptors (Lipinski definition) is 2. The van der Waals surface area contributed by atoms with E-state index in [2.05, 4.69) is 11.9 Å². The predicted octanol–water partition coefficient (Wildman–Crippen LogP) is 1.51. The summed E-state index contributed by atoms with van der Waals surface area (Å²) in [5, 5.41) is 0. The summed E-state index contributed by atoms with van der Waals surface area (Å²) in [6.07, 6.45) is 5.39. The standard InChI is InChI=1S/C10H19NO/c1-11-6-2-3-10(9-11)4-7-12-8-5-10/h2-9H2,1H3. The summed E-state index contributed by atoms with van der Waals surface area (Å²) in [6, 6.07) is 0. The fourth-order valence-corrected chi connectivity index (χ4v) is 2.67. The third-order valence-electron chi connectivity index (χ3n) is 3.41. The molecule has 0 radical (unpaired) electrons. The van der Waals surface area contributed by atoms with Crippen molar-refractivity contribution in [1.29, 1.82) is 0 Å². The lowest BCUT2D eigenvalue weighted by Gasteiger charge is -2.43. The molecule has 0 aromatic rings. The van der Waals surface area contributed by atoms with Gasteiger partial charge in [0.25, 0.3) is 0 Å². The molecule has 0 N–H and O–H groups in total. The molecule has 2 heterocycles. The fourth-order valence-electron chi connectivity index (χ4n) is 2.67. The van der Waals surface area contributed by atoms with Crippen LogP contribution in [-0.4, -0.2) is 38.3 Å². The topological polar surface area (TPSA) is 12.5 Å². The highest BCUT2D eigenvalue weighted by Crippen LogP contribution is 2.38. The SMILES string of the molecule is CN1CCCC2(CCOCC2)C1. The summed E-state index contributed by atoms with van der Waals surface area (Å²) in [7, 11) is 2.25. The van der Waals surface area contributed by atoms with E-state index in [-0.39, 0.29) is 0 Å². The van der Waals surface area contributed by atoms with Crippen LogP contribution in [0.25, 0.3) is 0 Å². The Hall–Kier alpha value is -0.0800. The van der Waals surface area contributed by atoms with Crippen LogP contribution in [-0.2, 0) is 4.74 Å². The molecule has 2 fully saturated rings. The maximum absolute atomic E-state index is 5.41. The minimum atomic E-state index is 0.630. The molecule has 70 valence electrons. The molecule has 2 rings (SSSR count). The number of ether oxygens (including phenoxy) is 1. The Balaban J connectivity index is 1.97. The van der Waals surface area contributed by atoms with Crippen LogP contribution in [0.15, 0.2) is 0 Å². The number of nitrogens with zero attached hydrogens (tertiary/aromatic N) is 1. The zero-order valence-electron chi connectivity index (χ0n) is 8.01. The van der Waals surface area contributed by atoms with Crippen molar-refractivity contribution in [2.75, 3.05) is 33.4 Å². The van der Waals surface area contributed by atoms with Crippen molar-refractivity contribution in [1.82, 2.24) is 4.90 Å². The summed E-state index contributed by atoms with van der Waals surface area (Å²) < 4.78 is 5.41. The van der Waals surface area contributed by atoms with Gasteiger partial charge in [0.15, 0.2) is 0 Å². The molecule has 2 saturated heterocycles. The second-order valence-corrected chi connectivity index (χ2v) is 4.45. The maximum Gasteiger partial charge on any atom is 0.0471 e. The minimum Gasteiger partial charge on any atom is -0.381 e. The van der Waals surface area contributed by atoms with E-state index >= 15 is 0 Å². The smallest absolute Gasteiger partial charge is 0.0471 e. The highest BCUT2D eigenvalue weighted by Gasteiger charge is 2.35. The van der Waals surface area contributed by atoms with E-state index in [4.69, 9.17) is 4.74 Å². The van der Waals surface area contributed by atoms with Crippen molar-refractivity contribution in [2.24, 2.45) is 5.41 Å². The first kappa shape index (κ1) is 8.52. The van der Waals surface area contributed by atoms with Gasteiger partial charge < -0.3 is 9.64 Å². The number of likely N-dealkylation sites (tertiary alicyclic amines) is 1. The molecular formula is C10H19NO. The zero-order valence-corrected chi connectivity index (χ0v) is 8.01.